The Hall–Kier alpha value is -1.01. The lowest BCUT2D eigenvalue weighted by Crippen LogP contribution is -2.36. The first kappa shape index (κ1) is 13.1. The van der Waals surface area contributed by atoms with Crippen LogP contribution in [-0.2, 0) is 9.53 Å². The fraction of sp³-hybridized carbons (Fsp3) is 0.769. The molecule has 16 heavy (non-hydrogen) atoms. The molecule has 0 radical (unpaired) electrons. The van der Waals surface area contributed by atoms with Crippen molar-refractivity contribution >= 4 is 5.97 Å². The SMILES string of the molecule is CC1(C)CCC(C#CC(=O)OC(C)(C)C)N1. The van der Waals surface area contributed by atoms with Crippen LogP contribution in [0.5, 0.6) is 0 Å². The van der Waals surface area contributed by atoms with E-state index in [0.29, 0.717) is 0 Å². The van der Waals surface area contributed by atoms with E-state index in [0.717, 1.165) is 12.8 Å². The number of hydrogen-bond donors (Lipinski definition) is 1. The van der Waals surface area contributed by atoms with Gasteiger partial charge in [-0.3, -0.25) is 5.32 Å². The Bertz CT molecular complexity index is 328. The first-order valence-corrected chi connectivity index (χ1v) is 5.70. The Kier molecular flexibility index (Phi) is 3.64. The van der Waals surface area contributed by atoms with Gasteiger partial charge in [-0.15, -0.1) is 0 Å². The van der Waals surface area contributed by atoms with Crippen molar-refractivity contribution in [1.82, 2.24) is 5.32 Å². The third-order valence-corrected chi connectivity index (χ3v) is 2.37. The lowest BCUT2D eigenvalue weighted by atomic mass is 10.0. The van der Waals surface area contributed by atoms with Crippen molar-refractivity contribution in [3.05, 3.63) is 0 Å². The summed E-state index contributed by atoms with van der Waals surface area (Å²) in [5, 5.41) is 3.37. The molecule has 0 saturated carbocycles. The molecular formula is C13H21NO2. The Balaban J connectivity index is 2.47. The maximum atomic E-state index is 11.4. The molecule has 1 heterocycles. The van der Waals surface area contributed by atoms with E-state index in [2.05, 4.69) is 31.0 Å². The number of ether oxygens (including phenoxy) is 1. The molecule has 1 fully saturated rings. The Morgan fingerprint density at radius 2 is 2.06 bits per heavy atom. The Morgan fingerprint density at radius 3 is 2.50 bits per heavy atom. The molecule has 0 bridgehead atoms. The number of rotatable bonds is 0. The highest BCUT2D eigenvalue weighted by Gasteiger charge is 2.28. The van der Waals surface area contributed by atoms with Crippen molar-refractivity contribution in [3.8, 4) is 11.8 Å². The van der Waals surface area contributed by atoms with Crippen LogP contribution in [0.3, 0.4) is 0 Å². The van der Waals surface area contributed by atoms with Crippen LogP contribution in [0.2, 0.25) is 0 Å². The molecule has 1 atom stereocenters. The maximum Gasteiger partial charge on any atom is 0.384 e. The van der Waals surface area contributed by atoms with Crippen LogP contribution in [-0.4, -0.2) is 23.2 Å². The molecule has 0 aliphatic carbocycles. The van der Waals surface area contributed by atoms with E-state index in [9.17, 15) is 4.79 Å². The fourth-order valence-electron chi connectivity index (χ4n) is 1.68. The van der Waals surface area contributed by atoms with Gasteiger partial charge in [0.05, 0.1) is 6.04 Å². The van der Waals surface area contributed by atoms with Crippen LogP contribution >= 0.6 is 0 Å². The molecule has 1 N–H and O–H groups in total. The normalized spacial score (nSPS) is 23.4. The first-order chi connectivity index (χ1) is 7.18. The number of esters is 1. The molecule has 0 amide bonds. The van der Waals surface area contributed by atoms with Gasteiger partial charge in [0.25, 0.3) is 0 Å². The minimum absolute atomic E-state index is 0.113. The van der Waals surface area contributed by atoms with Gasteiger partial charge >= 0.3 is 5.97 Å². The minimum Gasteiger partial charge on any atom is -0.450 e. The highest BCUT2D eigenvalue weighted by molar-refractivity contribution is 5.88. The van der Waals surface area contributed by atoms with Gasteiger partial charge in [0.15, 0.2) is 0 Å². The predicted octanol–water partition coefficient (Wildman–Crippen LogP) is 1.86. The number of hydrogen-bond acceptors (Lipinski definition) is 3. The van der Waals surface area contributed by atoms with Crippen molar-refractivity contribution < 1.29 is 9.53 Å². The van der Waals surface area contributed by atoms with Gasteiger partial charge < -0.3 is 4.74 Å². The summed E-state index contributed by atoms with van der Waals surface area (Å²) in [7, 11) is 0. The predicted molar refractivity (Wildman–Crippen MR) is 63.9 cm³/mol. The van der Waals surface area contributed by atoms with Gasteiger partial charge in [-0.05, 0) is 47.5 Å². The van der Waals surface area contributed by atoms with E-state index in [1.807, 2.05) is 20.8 Å². The number of carbonyl (C=O) groups is 1. The van der Waals surface area contributed by atoms with E-state index >= 15 is 0 Å². The summed E-state index contributed by atoms with van der Waals surface area (Å²) in [6, 6.07) is 0.113. The van der Waals surface area contributed by atoms with Gasteiger partial charge in [-0.2, -0.15) is 0 Å². The molecule has 0 aromatic rings. The third kappa shape index (κ3) is 4.67. The van der Waals surface area contributed by atoms with E-state index in [-0.39, 0.29) is 11.6 Å². The Morgan fingerprint density at radius 1 is 1.44 bits per heavy atom. The van der Waals surface area contributed by atoms with Crippen molar-refractivity contribution in [2.75, 3.05) is 0 Å². The second-order valence-corrected chi connectivity index (χ2v) is 5.89. The van der Waals surface area contributed by atoms with Gasteiger partial charge in [0, 0.05) is 11.5 Å². The van der Waals surface area contributed by atoms with E-state index in [1.165, 1.54) is 0 Å². The molecule has 90 valence electrons. The number of nitrogens with one attached hydrogen (secondary N) is 1. The highest BCUT2D eigenvalue weighted by atomic mass is 16.6. The molecule has 1 unspecified atom stereocenters. The van der Waals surface area contributed by atoms with Crippen LogP contribution in [0.15, 0.2) is 0 Å². The minimum atomic E-state index is -0.464. The molecule has 3 nitrogen and oxygen atoms in total. The van der Waals surface area contributed by atoms with Crippen LogP contribution < -0.4 is 5.32 Å². The van der Waals surface area contributed by atoms with Crippen LogP contribution in [0.1, 0.15) is 47.5 Å². The molecule has 1 aliphatic rings. The summed E-state index contributed by atoms with van der Waals surface area (Å²) in [5.41, 5.74) is -0.332. The van der Waals surface area contributed by atoms with Crippen molar-refractivity contribution in [2.24, 2.45) is 0 Å². The molecule has 0 spiro atoms. The second-order valence-electron chi connectivity index (χ2n) is 5.89. The van der Waals surface area contributed by atoms with E-state index in [1.54, 1.807) is 0 Å². The monoisotopic (exact) mass is 223 g/mol. The summed E-state index contributed by atoms with van der Waals surface area (Å²) in [4.78, 5) is 11.4. The quantitative estimate of drug-likeness (QED) is 0.387. The lowest BCUT2D eigenvalue weighted by Gasteiger charge is -2.18. The standard InChI is InChI=1S/C13H21NO2/c1-12(2,3)16-11(15)7-6-10-8-9-13(4,5)14-10/h10,14H,8-9H2,1-5H3. The average Bonchev–Trinajstić information content (AvgIpc) is 2.39. The lowest BCUT2D eigenvalue weighted by molar-refractivity contribution is -0.147. The molecule has 1 aliphatic heterocycles. The van der Waals surface area contributed by atoms with Gasteiger partial charge in [0.2, 0.25) is 0 Å². The molecule has 0 aromatic heterocycles. The zero-order valence-corrected chi connectivity index (χ0v) is 10.8. The van der Waals surface area contributed by atoms with E-state index in [4.69, 9.17) is 4.74 Å². The topological polar surface area (TPSA) is 38.3 Å². The van der Waals surface area contributed by atoms with Crippen LogP contribution in [0.4, 0.5) is 0 Å². The summed E-state index contributed by atoms with van der Waals surface area (Å²) < 4.78 is 5.11. The van der Waals surface area contributed by atoms with Crippen molar-refractivity contribution in [1.29, 1.82) is 0 Å². The van der Waals surface area contributed by atoms with Crippen LogP contribution in [0.25, 0.3) is 0 Å². The van der Waals surface area contributed by atoms with Crippen molar-refractivity contribution in [2.45, 2.75) is 64.6 Å². The average molecular weight is 223 g/mol. The summed E-state index contributed by atoms with van der Waals surface area (Å²) in [6.07, 6.45) is 2.07. The summed E-state index contributed by atoms with van der Waals surface area (Å²) >= 11 is 0. The molecule has 1 saturated heterocycles. The third-order valence-electron chi connectivity index (χ3n) is 2.37. The zero-order chi connectivity index (χ0) is 12.4. The molecule has 0 aromatic carbocycles. The largest absolute Gasteiger partial charge is 0.450 e. The van der Waals surface area contributed by atoms with Gasteiger partial charge in [-0.25, -0.2) is 4.79 Å². The van der Waals surface area contributed by atoms with E-state index < -0.39 is 11.6 Å². The fourth-order valence-corrected chi connectivity index (χ4v) is 1.68. The summed E-state index contributed by atoms with van der Waals surface area (Å²) in [6.45, 7) is 9.79. The zero-order valence-electron chi connectivity index (χ0n) is 10.8. The Labute approximate surface area is 97.9 Å². The highest BCUT2D eigenvalue weighted by Crippen LogP contribution is 2.21. The maximum absolute atomic E-state index is 11.4. The van der Waals surface area contributed by atoms with Gasteiger partial charge in [-0.1, -0.05) is 5.92 Å². The second kappa shape index (κ2) is 4.47. The number of carbonyl (C=O) groups excluding carboxylic acids is 1. The molecular weight excluding hydrogens is 202 g/mol. The summed E-state index contributed by atoms with van der Waals surface area (Å²) in [5.74, 6) is 5.02. The molecule has 1 rings (SSSR count). The molecule has 3 heteroatoms. The van der Waals surface area contributed by atoms with Crippen LogP contribution in [0, 0.1) is 11.8 Å². The first-order valence-electron chi connectivity index (χ1n) is 5.70. The van der Waals surface area contributed by atoms with Crippen molar-refractivity contribution in [3.63, 3.8) is 0 Å². The van der Waals surface area contributed by atoms with Gasteiger partial charge in [0.1, 0.15) is 5.60 Å². The smallest absolute Gasteiger partial charge is 0.384 e.